The molecule has 0 aromatic heterocycles. The summed E-state index contributed by atoms with van der Waals surface area (Å²) >= 11 is 0. The number of hydrogen-bond donors (Lipinski definition) is 0. The van der Waals surface area contributed by atoms with Gasteiger partial charge in [-0.2, -0.15) is 0 Å². The third-order valence-electron chi connectivity index (χ3n) is 5.81. The van der Waals surface area contributed by atoms with Crippen LogP contribution in [0.2, 0.25) is 0 Å². The van der Waals surface area contributed by atoms with Crippen molar-refractivity contribution in [1.82, 2.24) is 0 Å². The summed E-state index contributed by atoms with van der Waals surface area (Å²) in [6.45, 7) is 12.1. The lowest BCUT2D eigenvalue weighted by Crippen LogP contribution is -2.60. The highest BCUT2D eigenvalue weighted by atomic mass is 19.1. The molecule has 2 rings (SSSR count). The fourth-order valence-electron chi connectivity index (χ4n) is 4.72. The van der Waals surface area contributed by atoms with Crippen LogP contribution >= 0.6 is 0 Å². The third-order valence-corrected chi connectivity index (χ3v) is 5.81. The predicted molar refractivity (Wildman–Crippen MR) is 95.5 cm³/mol. The summed E-state index contributed by atoms with van der Waals surface area (Å²) in [5.41, 5.74) is -2.62. The third kappa shape index (κ3) is 2.96. The molecule has 2 nitrogen and oxygen atoms in total. The molecule has 136 valence electrons. The summed E-state index contributed by atoms with van der Waals surface area (Å²) < 4.78 is 31.0. The van der Waals surface area contributed by atoms with E-state index in [0.717, 1.165) is 0 Å². The van der Waals surface area contributed by atoms with Gasteiger partial charge in [-0.15, -0.1) is 13.2 Å². The van der Waals surface area contributed by atoms with E-state index in [-0.39, 0.29) is 18.6 Å². The van der Waals surface area contributed by atoms with Crippen molar-refractivity contribution in [1.29, 1.82) is 0 Å². The first-order valence-electron chi connectivity index (χ1n) is 8.60. The molecule has 0 aromatic rings. The SMILES string of the molecule is C=CC[C@@H](F)[C@H]1C(C)=C[C@@H](C(C)=O)[C@]2(C)C=CC(=O)[C@@](F)(CC=C)[C@H]12. The van der Waals surface area contributed by atoms with Gasteiger partial charge in [0.2, 0.25) is 0 Å². The number of fused-ring (bicyclic) bond motifs is 1. The normalized spacial score (nSPS) is 38.5. The second-order valence-electron chi connectivity index (χ2n) is 7.46. The fourth-order valence-corrected chi connectivity index (χ4v) is 4.72. The first kappa shape index (κ1) is 19.5. The molecule has 0 heterocycles. The van der Waals surface area contributed by atoms with E-state index >= 15 is 4.39 Å². The average molecular weight is 348 g/mol. The van der Waals surface area contributed by atoms with Crippen molar-refractivity contribution in [2.24, 2.45) is 23.2 Å². The van der Waals surface area contributed by atoms with Crippen molar-refractivity contribution < 1.29 is 18.4 Å². The Morgan fingerprint density at radius 2 is 2.04 bits per heavy atom. The maximum absolute atomic E-state index is 16.0. The molecule has 0 amide bonds. The Morgan fingerprint density at radius 3 is 2.56 bits per heavy atom. The predicted octanol–water partition coefficient (Wildman–Crippen LogP) is 4.73. The van der Waals surface area contributed by atoms with Crippen LogP contribution in [0.1, 0.15) is 33.6 Å². The van der Waals surface area contributed by atoms with E-state index in [1.54, 1.807) is 26.0 Å². The van der Waals surface area contributed by atoms with Gasteiger partial charge in [0.05, 0.1) is 0 Å². The van der Waals surface area contributed by atoms with Crippen molar-refractivity contribution in [2.75, 3.05) is 0 Å². The Hall–Kier alpha value is -1.84. The van der Waals surface area contributed by atoms with Gasteiger partial charge in [-0.3, -0.25) is 9.59 Å². The van der Waals surface area contributed by atoms with Gasteiger partial charge in [0.15, 0.2) is 11.5 Å². The average Bonchev–Trinajstić information content (AvgIpc) is 2.53. The molecule has 0 saturated heterocycles. The van der Waals surface area contributed by atoms with E-state index in [2.05, 4.69) is 13.2 Å². The molecule has 0 aromatic carbocycles. The molecular weight excluding hydrogens is 322 g/mol. The van der Waals surface area contributed by atoms with Crippen LogP contribution in [0.4, 0.5) is 8.78 Å². The van der Waals surface area contributed by atoms with Gasteiger partial charge in [-0.1, -0.05) is 36.8 Å². The van der Waals surface area contributed by atoms with E-state index in [4.69, 9.17) is 0 Å². The Balaban J connectivity index is 2.74. The molecule has 0 N–H and O–H groups in total. The zero-order chi connectivity index (χ0) is 19.0. The molecule has 0 fully saturated rings. The summed E-state index contributed by atoms with van der Waals surface area (Å²) in [5.74, 6) is -3.15. The first-order chi connectivity index (χ1) is 11.6. The molecule has 0 aliphatic heterocycles. The lowest BCUT2D eigenvalue weighted by molar-refractivity contribution is -0.144. The molecule has 0 spiro atoms. The van der Waals surface area contributed by atoms with Crippen molar-refractivity contribution >= 4 is 11.6 Å². The monoisotopic (exact) mass is 348 g/mol. The molecule has 2 aliphatic carbocycles. The van der Waals surface area contributed by atoms with Crippen molar-refractivity contribution in [3.05, 3.63) is 49.1 Å². The maximum atomic E-state index is 16.0. The molecule has 0 unspecified atom stereocenters. The lowest BCUT2D eigenvalue weighted by Gasteiger charge is -2.54. The lowest BCUT2D eigenvalue weighted by atomic mass is 9.49. The van der Waals surface area contributed by atoms with Crippen LogP contribution in [-0.2, 0) is 9.59 Å². The molecule has 0 saturated carbocycles. The zero-order valence-electron chi connectivity index (χ0n) is 15.1. The van der Waals surface area contributed by atoms with Crippen LogP contribution in [0.15, 0.2) is 49.1 Å². The highest BCUT2D eigenvalue weighted by Gasteiger charge is 2.62. The van der Waals surface area contributed by atoms with Crippen LogP contribution in [0.5, 0.6) is 0 Å². The number of carbonyl (C=O) groups excluding carboxylic acids is 2. The second-order valence-corrected chi connectivity index (χ2v) is 7.46. The Morgan fingerprint density at radius 1 is 1.40 bits per heavy atom. The Bertz CT molecular complexity index is 663. The van der Waals surface area contributed by atoms with Gasteiger partial charge < -0.3 is 0 Å². The molecular formula is C21H26F2O2. The number of alkyl halides is 2. The molecule has 4 heteroatoms. The van der Waals surface area contributed by atoms with Crippen molar-refractivity contribution in [3.63, 3.8) is 0 Å². The molecule has 0 radical (unpaired) electrons. The topological polar surface area (TPSA) is 34.1 Å². The number of carbonyl (C=O) groups is 2. The van der Waals surface area contributed by atoms with Crippen LogP contribution in [0.3, 0.4) is 0 Å². The maximum Gasteiger partial charge on any atom is 0.193 e. The number of halogens is 2. The highest BCUT2D eigenvalue weighted by Crippen LogP contribution is 2.58. The largest absolute Gasteiger partial charge is 0.299 e. The van der Waals surface area contributed by atoms with E-state index < -0.39 is 40.8 Å². The zero-order valence-corrected chi connectivity index (χ0v) is 15.1. The summed E-state index contributed by atoms with van der Waals surface area (Å²) in [7, 11) is 0. The minimum atomic E-state index is -2.27. The Kier molecular flexibility index (Phi) is 5.31. The van der Waals surface area contributed by atoms with E-state index in [9.17, 15) is 14.0 Å². The van der Waals surface area contributed by atoms with E-state index in [1.807, 2.05) is 0 Å². The number of rotatable bonds is 6. The van der Waals surface area contributed by atoms with Gasteiger partial charge in [0.1, 0.15) is 12.0 Å². The number of Topliss-reactive ketones (excluding diaryl/α,β-unsaturated/α-hetero) is 1. The summed E-state index contributed by atoms with van der Waals surface area (Å²) in [6.07, 6.45) is 5.86. The first-order valence-corrected chi connectivity index (χ1v) is 8.60. The van der Waals surface area contributed by atoms with E-state index in [1.165, 1.54) is 25.2 Å². The second kappa shape index (κ2) is 6.81. The standard InChI is InChI=1S/C21H26F2O2/c1-6-8-16(22)18-13(3)12-15(14(4)24)20(5)11-9-17(25)21(23,10-7-2)19(18)20/h6-7,9,11-12,15-16,18-19H,1-2,8,10H2,3-5H3/t15-,16+,18+,19+,20-,21-/m0/s1. The van der Waals surface area contributed by atoms with Crippen molar-refractivity contribution in [3.8, 4) is 0 Å². The molecule has 2 aliphatic rings. The van der Waals surface area contributed by atoms with E-state index in [0.29, 0.717) is 5.57 Å². The van der Waals surface area contributed by atoms with Crippen LogP contribution < -0.4 is 0 Å². The smallest absolute Gasteiger partial charge is 0.193 e. The summed E-state index contributed by atoms with van der Waals surface area (Å²) in [5, 5.41) is 0. The van der Waals surface area contributed by atoms with Crippen LogP contribution in [-0.4, -0.2) is 23.4 Å². The quantitative estimate of drug-likeness (QED) is 0.651. The van der Waals surface area contributed by atoms with Gasteiger partial charge >= 0.3 is 0 Å². The van der Waals surface area contributed by atoms with Crippen LogP contribution in [0, 0.1) is 23.2 Å². The number of hydrogen-bond acceptors (Lipinski definition) is 2. The van der Waals surface area contributed by atoms with Gasteiger partial charge in [0.25, 0.3) is 0 Å². The minimum absolute atomic E-state index is 0.0647. The summed E-state index contributed by atoms with van der Waals surface area (Å²) in [4.78, 5) is 24.7. The van der Waals surface area contributed by atoms with Crippen molar-refractivity contribution in [2.45, 2.75) is 45.5 Å². The highest BCUT2D eigenvalue weighted by molar-refractivity contribution is 5.99. The van der Waals surface area contributed by atoms with Gasteiger partial charge in [-0.05, 0) is 26.3 Å². The minimum Gasteiger partial charge on any atom is -0.299 e. The molecule has 0 bridgehead atoms. The summed E-state index contributed by atoms with van der Waals surface area (Å²) in [6, 6.07) is 0. The number of ketones is 2. The molecule has 6 atom stereocenters. The number of allylic oxidation sites excluding steroid dienone is 6. The molecule has 25 heavy (non-hydrogen) atoms. The Labute approximate surface area is 148 Å². The fraction of sp³-hybridized carbons (Fsp3) is 0.524. The van der Waals surface area contributed by atoms with Crippen LogP contribution in [0.25, 0.3) is 0 Å². The van der Waals surface area contributed by atoms with Gasteiger partial charge in [0, 0.05) is 29.6 Å². The van der Waals surface area contributed by atoms with Gasteiger partial charge in [-0.25, -0.2) is 8.78 Å².